The van der Waals surface area contributed by atoms with Crippen LogP contribution in [-0.4, -0.2) is 16.3 Å². The summed E-state index contributed by atoms with van der Waals surface area (Å²) in [6.45, 7) is 3.60. The average Bonchev–Trinajstić information content (AvgIpc) is 2.77. The maximum Gasteiger partial charge on any atom is 0.239 e. The van der Waals surface area contributed by atoms with E-state index in [9.17, 15) is 4.79 Å². The van der Waals surface area contributed by atoms with E-state index in [4.69, 9.17) is 16.1 Å². The molecule has 1 heterocycles. The molecule has 0 radical (unpaired) electrons. The number of amides is 1. The minimum absolute atomic E-state index is 0.152. The SMILES string of the molecule is Cc1cc(NC(=O)[C@@H](C)Sc2ccccc2Cl)on1. The first-order valence-corrected chi connectivity index (χ1v) is 6.97. The van der Waals surface area contributed by atoms with Crippen LogP contribution in [0.1, 0.15) is 12.6 Å². The maximum absolute atomic E-state index is 12.0. The summed E-state index contributed by atoms with van der Waals surface area (Å²) < 4.78 is 4.94. The third-order valence-electron chi connectivity index (χ3n) is 2.38. The number of hydrogen-bond donors (Lipinski definition) is 1. The third-order valence-corrected chi connectivity index (χ3v) is 4.00. The van der Waals surface area contributed by atoms with Gasteiger partial charge in [-0.15, -0.1) is 11.8 Å². The van der Waals surface area contributed by atoms with Gasteiger partial charge in [-0.3, -0.25) is 10.1 Å². The van der Waals surface area contributed by atoms with E-state index in [-0.39, 0.29) is 11.2 Å². The van der Waals surface area contributed by atoms with E-state index in [0.717, 1.165) is 10.6 Å². The fourth-order valence-electron chi connectivity index (χ4n) is 1.43. The lowest BCUT2D eigenvalue weighted by atomic mass is 10.4. The van der Waals surface area contributed by atoms with Gasteiger partial charge in [0, 0.05) is 11.0 Å². The van der Waals surface area contributed by atoms with Crippen LogP contribution >= 0.6 is 23.4 Å². The van der Waals surface area contributed by atoms with Crippen molar-refractivity contribution in [1.29, 1.82) is 0 Å². The molecule has 0 saturated carbocycles. The molecule has 19 heavy (non-hydrogen) atoms. The predicted molar refractivity (Wildman–Crippen MR) is 76.6 cm³/mol. The Hall–Kier alpha value is -1.46. The summed E-state index contributed by atoms with van der Waals surface area (Å²) in [5.74, 6) is 0.204. The molecule has 0 spiro atoms. The van der Waals surface area contributed by atoms with Gasteiger partial charge in [-0.25, -0.2) is 0 Å². The van der Waals surface area contributed by atoms with Gasteiger partial charge in [0.05, 0.1) is 16.0 Å². The second kappa shape index (κ2) is 6.12. The molecule has 2 rings (SSSR count). The molecule has 1 amide bonds. The van der Waals surface area contributed by atoms with Gasteiger partial charge in [-0.1, -0.05) is 28.9 Å². The zero-order valence-corrected chi connectivity index (χ0v) is 12.1. The highest BCUT2D eigenvalue weighted by molar-refractivity contribution is 8.00. The van der Waals surface area contributed by atoms with Crippen molar-refractivity contribution in [3.8, 4) is 0 Å². The van der Waals surface area contributed by atoms with Crippen LogP contribution in [0.25, 0.3) is 0 Å². The number of nitrogens with zero attached hydrogens (tertiary/aromatic N) is 1. The van der Waals surface area contributed by atoms with Crippen molar-refractivity contribution in [1.82, 2.24) is 5.16 Å². The van der Waals surface area contributed by atoms with E-state index < -0.39 is 0 Å². The minimum Gasteiger partial charge on any atom is -0.338 e. The van der Waals surface area contributed by atoms with Gasteiger partial charge in [0.15, 0.2) is 0 Å². The molecule has 100 valence electrons. The molecular formula is C13H13ClN2O2S. The molecule has 1 atom stereocenters. The summed E-state index contributed by atoms with van der Waals surface area (Å²) in [5.41, 5.74) is 0.724. The highest BCUT2D eigenvalue weighted by Crippen LogP contribution is 2.30. The van der Waals surface area contributed by atoms with Crippen LogP contribution in [0.4, 0.5) is 5.88 Å². The molecule has 0 aliphatic carbocycles. The van der Waals surface area contributed by atoms with Gasteiger partial charge < -0.3 is 4.52 Å². The van der Waals surface area contributed by atoms with Gasteiger partial charge in [-0.2, -0.15) is 0 Å². The van der Waals surface area contributed by atoms with Crippen molar-refractivity contribution >= 4 is 35.2 Å². The lowest BCUT2D eigenvalue weighted by molar-refractivity contribution is -0.115. The molecule has 6 heteroatoms. The van der Waals surface area contributed by atoms with E-state index in [1.165, 1.54) is 11.8 Å². The topological polar surface area (TPSA) is 55.1 Å². The largest absolute Gasteiger partial charge is 0.338 e. The summed E-state index contributed by atoms with van der Waals surface area (Å²) in [4.78, 5) is 12.9. The Bertz CT molecular complexity index is 586. The summed E-state index contributed by atoms with van der Waals surface area (Å²) in [6, 6.07) is 9.10. The fourth-order valence-corrected chi connectivity index (χ4v) is 2.58. The molecule has 1 aromatic carbocycles. The van der Waals surface area contributed by atoms with Gasteiger partial charge in [0.25, 0.3) is 0 Å². The molecular weight excluding hydrogens is 284 g/mol. The molecule has 0 aliphatic heterocycles. The van der Waals surface area contributed by atoms with E-state index in [0.29, 0.717) is 10.9 Å². The standard InChI is InChI=1S/C13H13ClN2O2S/c1-8-7-12(18-16-8)15-13(17)9(2)19-11-6-4-3-5-10(11)14/h3-7,9H,1-2H3,(H,15,17)/t9-/m1/s1. The van der Waals surface area contributed by atoms with Crippen LogP contribution in [0.5, 0.6) is 0 Å². The van der Waals surface area contributed by atoms with Gasteiger partial charge >= 0.3 is 0 Å². The van der Waals surface area contributed by atoms with Crippen molar-refractivity contribution in [3.63, 3.8) is 0 Å². The zero-order chi connectivity index (χ0) is 13.8. The number of halogens is 1. The van der Waals surface area contributed by atoms with Gasteiger partial charge in [0.2, 0.25) is 11.8 Å². The first kappa shape index (κ1) is 14.0. The number of nitrogens with one attached hydrogen (secondary N) is 1. The number of thioether (sulfide) groups is 1. The Morgan fingerprint density at radius 1 is 1.47 bits per heavy atom. The number of aryl methyl sites for hydroxylation is 1. The Labute approximate surface area is 120 Å². The maximum atomic E-state index is 12.0. The van der Waals surface area contributed by atoms with Gasteiger partial charge in [0.1, 0.15) is 0 Å². The summed E-state index contributed by atoms with van der Waals surface area (Å²) in [6.07, 6.45) is 0. The van der Waals surface area contributed by atoms with Crippen LogP contribution in [0, 0.1) is 6.92 Å². The van der Waals surface area contributed by atoms with Crippen LogP contribution in [0.3, 0.4) is 0 Å². The number of carbonyl (C=O) groups is 1. The van der Waals surface area contributed by atoms with Crippen molar-refractivity contribution in [2.24, 2.45) is 0 Å². The number of hydrogen-bond acceptors (Lipinski definition) is 4. The molecule has 0 fully saturated rings. The minimum atomic E-state index is -0.287. The third kappa shape index (κ3) is 3.75. The average molecular weight is 297 g/mol. The zero-order valence-electron chi connectivity index (χ0n) is 10.5. The summed E-state index contributed by atoms with van der Waals surface area (Å²) in [5, 5.41) is 6.73. The molecule has 1 N–H and O–H groups in total. The Morgan fingerprint density at radius 2 is 2.21 bits per heavy atom. The quantitative estimate of drug-likeness (QED) is 0.873. The molecule has 0 aliphatic rings. The Morgan fingerprint density at radius 3 is 2.84 bits per heavy atom. The van der Waals surface area contributed by atoms with E-state index in [2.05, 4.69) is 10.5 Å². The van der Waals surface area contributed by atoms with Crippen molar-refractivity contribution in [3.05, 3.63) is 41.0 Å². The molecule has 4 nitrogen and oxygen atoms in total. The molecule has 0 saturated heterocycles. The first-order valence-electron chi connectivity index (χ1n) is 5.71. The van der Waals surface area contributed by atoms with Crippen LogP contribution in [-0.2, 0) is 4.79 Å². The number of aromatic nitrogens is 1. The summed E-state index contributed by atoms with van der Waals surface area (Å²) in [7, 11) is 0. The number of rotatable bonds is 4. The number of benzene rings is 1. The van der Waals surface area contributed by atoms with E-state index in [1.54, 1.807) is 19.1 Å². The predicted octanol–water partition coefficient (Wildman–Crippen LogP) is 3.76. The highest BCUT2D eigenvalue weighted by atomic mass is 35.5. The second-order valence-electron chi connectivity index (χ2n) is 4.01. The summed E-state index contributed by atoms with van der Waals surface area (Å²) >= 11 is 7.45. The van der Waals surface area contributed by atoms with Crippen molar-refractivity contribution < 1.29 is 9.32 Å². The van der Waals surface area contributed by atoms with Crippen LogP contribution in [0.2, 0.25) is 5.02 Å². The van der Waals surface area contributed by atoms with Crippen molar-refractivity contribution in [2.75, 3.05) is 5.32 Å². The Balaban J connectivity index is 1.98. The van der Waals surface area contributed by atoms with Crippen LogP contribution in [0.15, 0.2) is 39.8 Å². The number of anilines is 1. The van der Waals surface area contributed by atoms with E-state index >= 15 is 0 Å². The lowest BCUT2D eigenvalue weighted by Gasteiger charge is -2.11. The molecule has 0 unspecified atom stereocenters. The van der Waals surface area contributed by atoms with E-state index in [1.807, 2.05) is 25.1 Å². The van der Waals surface area contributed by atoms with Gasteiger partial charge in [-0.05, 0) is 26.0 Å². The van der Waals surface area contributed by atoms with Crippen LogP contribution < -0.4 is 5.32 Å². The monoisotopic (exact) mass is 296 g/mol. The normalized spacial score (nSPS) is 12.2. The number of carbonyl (C=O) groups excluding carboxylic acids is 1. The molecule has 2 aromatic rings. The van der Waals surface area contributed by atoms with Crippen molar-refractivity contribution in [2.45, 2.75) is 24.0 Å². The Kier molecular flexibility index (Phi) is 4.50. The first-order chi connectivity index (χ1) is 9.06. The molecule has 1 aromatic heterocycles. The lowest BCUT2D eigenvalue weighted by Crippen LogP contribution is -2.22. The second-order valence-corrected chi connectivity index (χ2v) is 5.80. The molecule has 0 bridgehead atoms. The smallest absolute Gasteiger partial charge is 0.239 e. The fraction of sp³-hybridized carbons (Fsp3) is 0.231. The highest BCUT2D eigenvalue weighted by Gasteiger charge is 2.17.